The average molecular weight is 696 g/mol. The van der Waals surface area contributed by atoms with Crippen LogP contribution < -0.4 is 0 Å². The van der Waals surface area contributed by atoms with E-state index in [1.54, 1.807) is 0 Å². The number of fused-ring (bicyclic) bond motifs is 2. The topological polar surface area (TPSA) is 90.7 Å². The summed E-state index contributed by atoms with van der Waals surface area (Å²) in [6.45, 7) is 0. The van der Waals surface area contributed by atoms with Crippen molar-refractivity contribution >= 4 is 22.2 Å². The molecule has 0 aliphatic heterocycles. The molecule has 0 amide bonds. The Morgan fingerprint density at radius 3 is 1.02 bits per heavy atom. The Hall–Kier alpha value is -7.51. The van der Waals surface area contributed by atoms with Gasteiger partial charge in [-0.1, -0.05) is 133 Å². The maximum absolute atomic E-state index is 6.26. The summed E-state index contributed by atoms with van der Waals surface area (Å²) in [5, 5.41) is 0. The highest BCUT2D eigenvalue weighted by Crippen LogP contribution is 2.35. The molecule has 0 aliphatic rings. The molecule has 0 bridgehead atoms. The zero-order valence-electron chi connectivity index (χ0n) is 28.8. The maximum atomic E-state index is 6.26. The molecule has 7 heteroatoms. The molecular weight excluding hydrogens is 667 g/mol. The first-order valence-electron chi connectivity index (χ1n) is 17.7. The van der Waals surface area contributed by atoms with E-state index in [2.05, 4.69) is 72.8 Å². The lowest BCUT2D eigenvalue weighted by atomic mass is 10.0. The first kappa shape index (κ1) is 31.2. The fourth-order valence-corrected chi connectivity index (χ4v) is 6.64. The summed E-state index contributed by atoms with van der Waals surface area (Å²) in [4.78, 5) is 24.9. The molecule has 0 fully saturated rings. The van der Waals surface area contributed by atoms with Crippen molar-refractivity contribution in [2.45, 2.75) is 0 Å². The van der Waals surface area contributed by atoms with Crippen molar-refractivity contribution in [1.82, 2.24) is 24.9 Å². The van der Waals surface area contributed by atoms with Crippen molar-refractivity contribution in [3.05, 3.63) is 176 Å². The van der Waals surface area contributed by atoms with Gasteiger partial charge in [0.15, 0.2) is 28.6 Å². The molecule has 54 heavy (non-hydrogen) atoms. The van der Waals surface area contributed by atoms with E-state index < -0.39 is 0 Å². The van der Waals surface area contributed by atoms with Crippen LogP contribution in [0.3, 0.4) is 0 Å². The van der Waals surface area contributed by atoms with E-state index in [1.807, 2.05) is 103 Å². The van der Waals surface area contributed by atoms with Gasteiger partial charge in [0.05, 0.1) is 0 Å². The van der Waals surface area contributed by atoms with Crippen molar-refractivity contribution in [2.75, 3.05) is 0 Å². The monoisotopic (exact) mass is 695 g/mol. The molecule has 3 aromatic heterocycles. The summed E-state index contributed by atoms with van der Waals surface area (Å²) in [5.74, 6) is 2.54. The summed E-state index contributed by atoms with van der Waals surface area (Å²) in [7, 11) is 0. The van der Waals surface area contributed by atoms with Crippen LogP contribution in [0, 0.1) is 0 Å². The third kappa shape index (κ3) is 5.99. The van der Waals surface area contributed by atoms with E-state index in [0.29, 0.717) is 40.4 Å². The largest absolute Gasteiger partial charge is 0.436 e. The van der Waals surface area contributed by atoms with Gasteiger partial charge in [-0.15, -0.1) is 0 Å². The standard InChI is InChI=1S/C47H29N5O2/c1-3-11-30(12-4-1)32-19-23-34(24-20-32)43-50-44(35-25-21-33(22-26-35)31-13-5-2-6-14-31)52-45(51-43)36-27-37(46-48-39-15-7-9-17-41(39)53-46)29-38(28-36)47-49-40-16-8-10-18-42(40)54-47/h1-29H. The van der Waals surface area contributed by atoms with Crippen molar-refractivity contribution in [1.29, 1.82) is 0 Å². The lowest BCUT2D eigenvalue weighted by Gasteiger charge is -2.11. The Morgan fingerprint density at radius 2 is 0.593 bits per heavy atom. The van der Waals surface area contributed by atoms with Gasteiger partial charge in [-0.05, 0) is 64.7 Å². The zero-order valence-corrected chi connectivity index (χ0v) is 28.8. The highest BCUT2D eigenvalue weighted by atomic mass is 16.4. The summed E-state index contributed by atoms with van der Waals surface area (Å²) in [6, 6.07) is 58.7. The molecule has 0 atom stereocenters. The van der Waals surface area contributed by atoms with Crippen molar-refractivity contribution in [3.63, 3.8) is 0 Å². The summed E-state index contributed by atoms with van der Waals surface area (Å²) in [6.07, 6.45) is 0. The van der Waals surface area contributed by atoms with E-state index in [0.717, 1.165) is 61.1 Å². The molecule has 254 valence electrons. The normalized spacial score (nSPS) is 11.3. The van der Waals surface area contributed by atoms with Gasteiger partial charge in [0.1, 0.15) is 11.0 Å². The fourth-order valence-electron chi connectivity index (χ4n) is 6.64. The number of nitrogens with zero attached hydrogens (tertiary/aromatic N) is 5. The molecule has 10 aromatic rings. The highest BCUT2D eigenvalue weighted by molar-refractivity contribution is 5.82. The van der Waals surface area contributed by atoms with Gasteiger partial charge >= 0.3 is 0 Å². The van der Waals surface area contributed by atoms with Crippen LogP contribution in [0.1, 0.15) is 0 Å². The summed E-state index contributed by atoms with van der Waals surface area (Å²) in [5.41, 5.74) is 11.4. The predicted molar refractivity (Wildman–Crippen MR) is 213 cm³/mol. The number of oxazole rings is 2. The van der Waals surface area contributed by atoms with Gasteiger partial charge in [0.2, 0.25) is 11.8 Å². The molecule has 10 rings (SSSR count). The minimum atomic E-state index is 0.470. The zero-order chi connectivity index (χ0) is 35.8. The smallest absolute Gasteiger partial charge is 0.227 e. The van der Waals surface area contributed by atoms with Crippen LogP contribution in [0.5, 0.6) is 0 Å². The molecule has 0 N–H and O–H groups in total. The van der Waals surface area contributed by atoms with Crippen molar-refractivity contribution < 1.29 is 8.83 Å². The van der Waals surface area contributed by atoms with Gasteiger partial charge in [0.25, 0.3) is 0 Å². The lowest BCUT2D eigenvalue weighted by molar-refractivity contribution is 0.617. The predicted octanol–water partition coefficient (Wildman–Crippen LogP) is 11.8. The Labute approximate surface area is 310 Å². The van der Waals surface area contributed by atoms with Crippen LogP contribution in [-0.4, -0.2) is 24.9 Å². The number of benzene rings is 7. The number of aromatic nitrogens is 5. The molecule has 0 saturated heterocycles. The highest BCUT2D eigenvalue weighted by Gasteiger charge is 2.19. The first-order valence-corrected chi connectivity index (χ1v) is 17.7. The fraction of sp³-hybridized carbons (Fsp3) is 0. The third-order valence-corrected chi connectivity index (χ3v) is 9.41. The molecule has 0 spiro atoms. The second kappa shape index (κ2) is 13.2. The van der Waals surface area contributed by atoms with Crippen molar-refractivity contribution in [2.24, 2.45) is 0 Å². The molecule has 0 aliphatic carbocycles. The van der Waals surface area contributed by atoms with Gasteiger partial charge in [-0.3, -0.25) is 0 Å². The Balaban J connectivity index is 1.14. The van der Waals surface area contributed by atoms with Gasteiger partial charge in [-0.25, -0.2) is 24.9 Å². The summed E-state index contributed by atoms with van der Waals surface area (Å²) < 4.78 is 12.5. The quantitative estimate of drug-likeness (QED) is 0.164. The van der Waals surface area contributed by atoms with E-state index in [9.17, 15) is 0 Å². The minimum Gasteiger partial charge on any atom is -0.436 e. The van der Waals surface area contributed by atoms with Crippen molar-refractivity contribution in [3.8, 4) is 79.3 Å². The Bertz CT molecular complexity index is 2660. The van der Waals surface area contributed by atoms with E-state index in [-0.39, 0.29) is 0 Å². The molecule has 0 unspecified atom stereocenters. The molecule has 0 saturated carbocycles. The van der Waals surface area contributed by atoms with E-state index in [4.69, 9.17) is 33.8 Å². The van der Waals surface area contributed by atoms with Crippen LogP contribution in [0.2, 0.25) is 0 Å². The number of hydrogen-bond acceptors (Lipinski definition) is 7. The summed E-state index contributed by atoms with van der Waals surface area (Å²) >= 11 is 0. The maximum Gasteiger partial charge on any atom is 0.227 e. The van der Waals surface area contributed by atoms with Crippen LogP contribution in [0.25, 0.3) is 102 Å². The van der Waals surface area contributed by atoms with Crippen LogP contribution >= 0.6 is 0 Å². The van der Waals surface area contributed by atoms with Crippen LogP contribution in [0.4, 0.5) is 0 Å². The average Bonchev–Trinajstić information content (AvgIpc) is 3.90. The minimum absolute atomic E-state index is 0.470. The SMILES string of the molecule is c1ccc(-c2ccc(-c3nc(-c4ccc(-c5ccccc5)cc4)nc(-c4cc(-c5nc6ccccc6o5)cc(-c5nc6ccccc6o5)c4)n3)cc2)cc1. The molecule has 0 radical (unpaired) electrons. The van der Waals surface area contributed by atoms with Crippen LogP contribution in [0.15, 0.2) is 185 Å². The molecule has 3 heterocycles. The van der Waals surface area contributed by atoms with E-state index >= 15 is 0 Å². The molecule has 7 nitrogen and oxygen atoms in total. The lowest BCUT2D eigenvalue weighted by Crippen LogP contribution is -2.01. The second-order valence-electron chi connectivity index (χ2n) is 13.0. The number of hydrogen-bond donors (Lipinski definition) is 0. The molecule has 7 aromatic carbocycles. The Kier molecular flexibility index (Phi) is 7.66. The second-order valence-corrected chi connectivity index (χ2v) is 13.0. The molecular formula is C47H29N5O2. The Morgan fingerprint density at radius 1 is 0.259 bits per heavy atom. The number of para-hydroxylation sites is 4. The van der Waals surface area contributed by atoms with Crippen LogP contribution in [-0.2, 0) is 0 Å². The number of rotatable bonds is 7. The van der Waals surface area contributed by atoms with Gasteiger partial charge in [0, 0.05) is 27.8 Å². The van der Waals surface area contributed by atoms with E-state index in [1.165, 1.54) is 0 Å². The van der Waals surface area contributed by atoms with Gasteiger partial charge < -0.3 is 8.83 Å². The first-order chi connectivity index (χ1) is 26.7. The third-order valence-electron chi connectivity index (χ3n) is 9.41. The van der Waals surface area contributed by atoms with Gasteiger partial charge in [-0.2, -0.15) is 0 Å².